The summed E-state index contributed by atoms with van der Waals surface area (Å²) in [7, 11) is -0.583. The number of pyridine rings is 1. The van der Waals surface area contributed by atoms with Crippen LogP contribution in [0.15, 0.2) is 12.3 Å². The molecule has 0 radical (unpaired) electrons. The van der Waals surface area contributed by atoms with Gasteiger partial charge in [-0.3, -0.25) is 0 Å². The van der Waals surface area contributed by atoms with Crippen LogP contribution in [0.2, 0.25) is 6.55 Å². The first-order chi connectivity index (χ1) is 5.65. The minimum atomic E-state index is -0.980. The summed E-state index contributed by atoms with van der Waals surface area (Å²) in [6, 6.07) is 1.43. The van der Waals surface area contributed by atoms with Crippen LogP contribution in [0.3, 0.4) is 0 Å². The second kappa shape index (κ2) is 3.36. The number of carboxylic acids is 1. The fourth-order valence-corrected chi connectivity index (χ4v) is 1.98. The molecule has 0 aliphatic heterocycles. The van der Waals surface area contributed by atoms with Crippen molar-refractivity contribution in [2.75, 3.05) is 0 Å². The van der Waals surface area contributed by atoms with Crippen molar-refractivity contribution in [2.45, 2.75) is 6.55 Å². The zero-order valence-corrected chi connectivity index (χ0v) is 8.03. The van der Waals surface area contributed by atoms with Crippen molar-refractivity contribution in [3.05, 3.63) is 17.8 Å². The van der Waals surface area contributed by atoms with Crippen molar-refractivity contribution >= 4 is 20.7 Å². The Kier molecular flexibility index (Phi) is 2.44. The SMILES string of the molecule is C[SiH2]c1cc(O)ncc1C(=O)O. The van der Waals surface area contributed by atoms with Gasteiger partial charge in [-0.1, -0.05) is 6.55 Å². The predicted octanol–water partition coefficient (Wildman–Crippen LogP) is -0.672. The maximum absolute atomic E-state index is 10.6. The number of hydrogen-bond donors (Lipinski definition) is 2. The summed E-state index contributed by atoms with van der Waals surface area (Å²) in [6.45, 7) is 1.96. The molecule has 12 heavy (non-hydrogen) atoms. The molecular formula is C7H9NO3Si. The van der Waals surface area contributed by atoms with Crippen LogP contribution in [-0.4, -0.2) is 30.7 Å². The zero-order chi connectivity index (χ0) is 9.14. The van der Waals surface area contributed by atoms with Gasteiger partial charge in [-0.25, -0.2) is 9.78 Å². The molecule has 0 saturated heterocycles. The van der Waals surface area contributed by atoms with Gasteiger partial charge < -0.3 is 10.2 Å². The molecule has 0 amide bonds. The fourth-order valence-electron chi connectivity index (χ4n) is 0.970. The molecule has 0 spiro atoms. The van der Waals surface area contributed by atoms with Crippen LogP contribution in [0.1, 0.15) is 10.4 Å². The standard InChI is InChI=1S/C7H9NO3Si/c1-12-5-2-6(9)8-3-4(5)7(10)11/h2-3H,12H2,1H3,(H,8,9)(H,10,11). The first kappa shape index (κ1) is 8.73. The highest BCUT2D eigenvalue weighted by atomic mass is 28.2. The summed E-state index contributed by atoms with van der Waals surface area (Å²) in [5, 5.41) is 18.4. The number of carbonyl (C=O) groups is 1. The van der Waals surface area contributed by atoms with Gasteiger partial charge in [0.05, 0.1) is 15.1 Å². The molecule has 1 heterocycles. The smallest absolute Gasteiger partial charge is 0.337 e. The molecule has 0 aromatic carbocycles. The highest BCUT2D eigenvalue weighted by molar-refractivity contribution is 6.53. The Morgan fingerprint density at radius 1 is 1.67 bits per heavy atom. The molecule has 1 aromatic rings. The van der Waals surface area contributed by atoms with E-state index in [4.69, 9.17) is 10.2 Å². The quantitative estimate of drug-likeness (QED) is 0.596. The van der Waals surface area contributed by atoms with E-state index in [9.17, 15) is 4.79 Å². The van der Waals surface area contributed by atoms with Crippen molar-refractivity contribution in [3.63, 3.8) is 0 Å². The Morgan fingerprint density at radius 3 is 2.83 bits per heavy atom. The molecule has 1 rings (SSSR count). The van der Waals surface area contributed by atoms with Gasteiger partial charge in [-0.15, -0.1) is 0 Å². The van der Waals surface area contributed by atoms with Crippen LogP contribution in [0, 0.1) is 0 Å². The van der Waals surface area contributed by atoms with E-state index in [2.05, 4.69) is 4.98 Å². The lowest BCUT2D eigenvalue weighted by atomic mass is 10.3. The van der Waals surface area contributed by atoms with Gasteiger partial charge in [0.2, 0.25) is 5.88 Å². The fraction of sp³-hybridized carbons (Fsp3) is 0.143. The van der Waals surface area contributed by atoms with E-state index in [1.54, 1.807) is 0 Å². The maximum atomic E-state index is 10.6. The zero-order valence-electron chi connectivity index (χ0n) is 6.61. The summed E-state index contributed by atoms with van der Waals surface area (Å²) in [5.74, 6) is -1.09. The van der Waals surface area contributed by atoms with E-state index in [-0.39, 0.29) is 11.4 Å². The summed E-state index contributed by atoms with van der Waals surface area (Å²) < 4.78 is 0. The molecule has 0 fully saturated rings. The average molecular weight is 183 g/mol. The van der Waals surface area contributed by atoms with Crippen molar-refractivity contribution in [2.24, 2.45) is 0 Å². The largest absolute Gasteiger partial charge is 0.493 e. The second-order valence-corrected chi connectivity index (χ2v) is 3.83. The first-order valence-corrected chi connectivity index (χ1v) is 5.68. The number of hydrogen-bond acceptors (Lipinski definition) is 3. The number of aromatic carboxylic acids is 1. The molecule has 0 atom stereocenters. The molecule has 64 valence electrons. The number of aromatic nitrogens is 1. The van der Waals surface area contributed by atoms with Gasteiger partial charge in [-0.05, 0) is 11.3 Å². The van der Waals surface area contributed by atoms with Gasteiger partial charge >= 0.3 is 5.97 Å². The molecule has 0 saturated carbocycles. The Morgan fingerprint density at radius 2 is 2.33 bits per heavy atom. The van der Waals surface area contributed by atoms with Crippen LogP contribution in [0.5, 0.6) is 5.88 Å². The monoisotopic (exact) mass is 183 g/mol. The van der Waals surface area contributed by atoms with Crippen molar-refractivity contribution < 1.29 is 15.0 Å². The Bertz CT molecular complexity index is 314. The Labute approximate surface area is 71.7 Å². The number of aromatic hydroxyl groups is 1. The van der Waals surface area contributed by atoms with Gasteiger partial charge in [0.15, 0.2) is 0 Å². The third-order valence-electron chi connectivity index (χ3n) is 1.59. The van der Waals surface area contributed by atoms with Gasteiger partial charge in [0, 0.05) is 6.20 Å². The van der Waals surface area contributed by atoms with E-state index in [0.717, 1.165) is 5.19 Å². The third-order valence-corrected chi connectivity index (χ3v) is 2.93. The predicted molar refractivity (Wildman–Crippen MR) is 46.9 cm³/mol. The minimum Gasteiger partial charge on any atom is -0.493 e. The number of carboxylic acid groups (broad SMARTS) is 1. The van der Waals surface area contributed by atoms with Gasteiger partial charge in [0.25, 0.3) is 0 Å². The van der Waals surface area contributed by atoms with E-state index in [1.807, 2.05) is 6.55 Å². The van der Waals surface area contributed by atoms with Crippen LogP contribution < -0.4 is 5.19 Å². The summed E-state index contributed by atoms with van der Waals surface area (Å²) in [6.07, 6.45) is 1.20. The van der Waals surface area contributed by atoms with Crippen LogP contribution in [0.25, 0.3) is 0 Å². The molecule has 5 heteroatoms. The van der Waals surface area contributed by atoms with Crippen molar-refractivity contribution in [1.82, 2.24) is 4.98 Å². The normalized spacial score (nSPS) is 10.8. The summed E-state index contributed by atoms with van der Waals surface area (Å²) >= 11 is 0. The Hall–Kier alpha value is -1.36. The highest BCUT2D eigenvalue weighted by Crippen LogP contribution is 2.02. The summed E-state index contributed by atoms with van der Waals surface area (Å²) in [5.41, 5.74) is 0.210. The lowest BCUT2D eigenvalue weighted by Gasteiger charge is -2.01. The molecule has 4 nitrogen and oxygen atoms in total. The molecule has 0 aliphatic rings. The van der Waals surface area contributed by atoms with E-state index in [0.29, 0.717) is 0 Å². The Balaban J connectivity index is 3.20. The lowest BCUT2D eigenvalue weighted by Crippen LogP contribution is -2.20. The second-order valence-electron chi connectivity index (χ2n) is 2.36. The number of rotatable bonds is 2. The third kappa shape index (κ3) is 1.62. The minimum absolute atomic E-state index is 0.107. The van der Waals surface area contributed by atoms with Gasteiger partial charge in [-0.2, -0.15) is 0 Å². The summed E-state index contributed by atoms with van der Waals surface area (Å²) in [4.78, 5) is 14.1. The van der Waals surface area contributed by atoms with E-state index < -0.39 is 15.5 Å². The molecule has 0 aliphatic carbocycles. The van der Waals surface area contributed by atoms with Crippen LogP contribution >= 0.6 is 0 Å². The molecule has 0 unspecified atom stereocenters. The highest BCUT2D eigenvalue weighted by Gasteiger charge is 2.09. The van der Waals surface area contributed by atoms with E-state index in [1.165, 1.54) is 12.3 Å². The van der Waals surface area contributed by atoms with Crippen LogP contribution in [0.4, 0.5) is 0 Å². The van der Waals surface area contributed by atoms with Crippen LogP contribution in [-0.2, 0) is 0 Å². The first-order valence-electron chi connectivity index (χ1n) is 3.56. The topological polar surface area (TPSA) is 70.4 Å². The molecule has 2 N–H and O–H groups in total. The maximum Gasteiger partial charge on any atom is 0.337 e. The van der Waals surface area contributed by atoms with Crippen molar-refractivity contribution in [1.29, 1.82) is 0 Å². The molecule has 1 aromatic heterocycles. The number of nitrogens with zero attached hydrogens (tertiary/aromatic N) is 1. The lowest BCUT2D eigenvalue weighted by molar-refractivity contribution is 0.0698. The average Bonchev–Trinajstić information content (AvgIpc) is 2.03. The van der Waals surface area contributed by atoms with Gasteiger partial charge in [0.1, 0.15) is 0 Å². The van der Waals surface area contributed by atoms with E-state index >= 15 is 0 Å². The van der Waals surface area contributed by atoms with Crippen molar-refractivity contribution in [3.8, 4) is 5.88 Å². The molecular weight excluding hydrogens is 174 g/mol. The molecule has 0 bridgehead atoms.